The molecule has 84 valence electrons. The van der Waals surface area contributed by atoms with E-state index in [4.69, 9.17) is 0 Å². The molecule has 15 heavy (non-hydrogen) atoms. The van der Waals surface area contributed by atoms with Crippen LogP contribution in [-0.4, -0.2) is 39.0 Å². The third-order valence-electron chi connectivity index (χ3n) is 2.74. The van der Waals surface area contributed by atoms with E-state index in [1.165, 1.54) is 32.4 Å². The third-order valence-corrected chi connectivity index (χ3v) is 3.78. The summed E-state index contributed by atoms with van der Waals surface area (Å²) >= 11 is 1.75. The molecule has 0 bridgehead atoms. The molecule has 1 aliphatic rings. The van der Waals surface area contributed by atoms with Gasteiger partial charge in [-0.3, -0.25) is 0 Å². The number of thioether (sulfide) groups is 1. The van der Waals surface area contributed by atoms with Crippen molar-refractivity contribution in [2.24, 2.45) is 13.0 Å². The highest BCUT2D eigenvalue weighted by Crippen LogP contribution is 2.20. The predicted octanol–water partition coefficient (Wildman–Crippen LogP) is 0.692. The Kier molecular flexibility index (Phi) is 3.96. The van der Waals surface area contributed by atoms with E-state index in [2.05, 4.69) is 20.8 Å². The smallest absolute Gasteiger partial charge is 0.209 e. The van der Waals surface area contributed by atoms with E-state index in [0.29, 0.717) is 0 Å². The highest BCUT2D eigenvalue weighted by atomic mass is 32.2. The van der Waals surface area contributed by atoms with Crippen molar-refractivity contribution < 1.29 is 0 Å². The SMILES string of the molecule is Cn1nnnc1SCCC1CCCNC1. The van der Waals surface area contributed by atoms with E-state index >= 15 is 0 Å². The standard InChI is InChI=1S/C9H17N5S/c1-14-9(11-12-13-14)15-6-4-8-3-2-5-10-7-8/h8,10H,2-7H2,1H3. The minimum Gasteiger partial charge on any atom is -0.316 e. The van der Waals surface area contributed by atoms with Crippen molar-refractivity contribution in [1.29, 1.82) is 0 Å². The maximum atomic E-state index is 3.95. The van der Waals surface area contributed by atoms with Crippen molar-refractivity contribution in [3.63, 3.8) is 0 Å². The summed E-state index contributed by atoms with van der Waals surface area (Å²) in [6.45, 7) is 2.37. The van der Waals surface area contributed by atoms with E-state index in [0.717, 1.165) is 16.8 Å². The molecule has 1 saturated heterocycles. The molecule has 1 atom stereocenters. The lowest BCUT2D eigenvalue weighted by Crippen LogP contribution is -2.29. The van der Waals surface area contributed by atoms with Crippen LogP contribution in [0.1, 0.15) is 19.3 Å². The zero-order valence-corrected chi connectivity index (χ0v) is 9.83. The highest BCUT2D eigenvalue weighted by molar-refractivity contribution is 7.99. The molecule has 1 aromatic heterocycles. The van der Waals surface area contributed by atoms with Crippen molar-refractivity contribution in [2.75, 3.05) is 18.8 Å². The molecule has 0 radical (unpaired) electrons. The Morgan fingerprint density at radius 3 is 3.20 bits per heavy atom. The lowest BCUT2D eigenvalue weighted by Gasteiger charge is -2.22. The molecule has 0 aliphatic carbocycles. The molecule has 1 fully saturated rings. The summed E-state index contributed by atoms with van der Waals surface area (Å²) in [5.41, 5.74) is 0. The Labute approximate surface area is 94.0 Å². The van der Waals surface area contributed by atoms with Crippen LogP contribution in [-0.2, 0) is 7.05 Å². The van der Waals surface area contributed by atoms with Gasteiger partial charge in [0.2, 0.25) is 5.16 Å². The summed E-state index contributed by atoms with van der Waals surface area (Å²) in [6, 6.07) is 0. The van der Waals surface area contributed by atoms with E-state index in [1.807, 2.05) is 7.05 Å². The summed E-state index contributed by atoms with van der Waals surface area (Å²) in [6.07, 6.45) is 3.94. The molecule has 0 amide bonds. The number of hydrogen-bond acceptors (Lipinski definition) is 5. The van der Waals surface area contributed by atoms with Crippen molar-refractivity contribution in [1.82, 2.24) is 25.5 Å². The Bertz CT molecular complexity index is 294. The van der Waals surface area contributed by atoms with E-state index in [9.17, 15) is 0 Å². The number of nitrogens with zero attached hydrogens (tertiary/aromatic N) is 4. The van der Waals surface area contributed by atoms with E-state index in [1.54, 1.807) is 16.4 Å². The minimum absolute atomic E-state index is 0.840. The van der Waals surface area contributed by atoms with Crippen LogP contribution in [0, 0.1) is 5.92 Å². The van der Waals surface area contributed by atoms with Crippen LogP contribution in [0.15, 0.2) is 5.16 Å². The summed E-state index contributed by atoms with van der Waals surface area (Å²) in [4.78, 5) is 0. The van der Waals surface area contributed by atoms with E-state index < -0.39 is 0 Å². The summed E-state index contributed by atoms with van der Waals surface area (Å²) in [7, 11) is 1.88. The number of piperidine rings is 1. The van der Waals surface area contributed by atoms with Crippen molar-refractivity contribution in [3.05, 3.63) is 0 Å². The topological polar surface area (TPSA) is 55.6 Å². The maximum Gasteiger partial charge on any atom is 0.209 e. The Morgan fingerprint density at radius 1 is 1.60 bits per heavy atom. The van der Waals surface area contributed by atoms with Gasteiger partial charge in [0.15, 0.2) is 0 Å². The van der Waals surface area contributed by atoms with Crippen LogP contribution in [0.5, 0.6) is 0 Å². The van der Waals surface area contributed by atoms with Gasteiger partial charge in [-0.2, -0.15) is 0 Å². The first-order chi connectivity index (χ1) is 7.36. The molecule has 1 aliphatic heterocycles. The molecule has 0 aromatic carbocycles. The van der Waals surface area contributed by atoms with Gasteiger partial charge in [-0.05, 0) is 48.7 Å². The van der Waals surface area contributed by atoms with Crippen LogP contribution in [0.4, 0.5) is 0 Å². The lowest BCUT2D eigenvalue weighted by molar-refractivity contribution is 0.371. The van der Waals surface area contributed by atoms with Gasteiger partial charge in [0.1, 0.15) is 0 Å². The normalized spacial score (nSPS) is 21.8. The van der Waals surface area contributed by atoms with Crippen LogP contribution >= 0.6 is 11.8 Å². The predicted molar refractivity (Wildman–Crippen MR) is 59.7 cm³/mol. The quantitative estimate of drug-likeness (QED) is 0.767. The van der Waals surface area contributed by atoms with Gasteiger partial charge in [0.25, 0.3) is 0 Å². The molecule has 1 N–H and O–H groups in total. The zero-order valence-electron chi connectivity index (χ0n) is 9.02. The van der Waals surface area contributed by atoms with Gasteiger partial charge in [0.05, 0.1) is 0 Å². The fourth-order valence-corrected chi connectivity index (χ4v) is 2.78. The number of rotatable bonds is 4. The van der Waals surface area contributed by atoms with Gasteiger partial charge in [0, 0.05) is 12.8 Å². The Balaban J connectivity index is 1.68. The van der Waals surface area contributed by atoms with Crippen molar-refractivity contribution >= 4 is 11.8 Å². The zero-order chi connectivity index (χ0) is 10.5. The van der Waals surface area contributed by atoms with E-state index in [-0.39, 0.29) is 0 Å². The second-order valence-electron chi connectivity index (χ2n) is 3.93. The first kappa shape index (κ1) is 10.9. The average Bonchev–Trinajstić information content (AvgIpc) is 2.66. The number of nitrogens with one attached hydrogen (secondary N) is 1. The minimum atomic E-state index is 0.840. The Morgan fingerprint density at radius 2 is 2.53 bits per heavy atom. The molecular weight excluding hydrogens is 210 g/mol. The van der Waals surface area contributed by atoms with Crippen molar-refractivity contribution in [3.8, 4) is 0 Å². The molecule has 1 unspecified atom stereocenters. The second kappa shape index (κ2) is 5.46. The third kappa shape index (κ3) is 3.17. The number of tetrazole rings is 1. The molecule has 2 heterocycles. The van der Waals surface area contributed by atoms with Crippen LogP contribution in [0.25, 0.3) is 0 Å². The summed E-state index contributed by atoms with van der Waals surface area (Å²) in [5, 5.41) is 15.7. The Hall–Kier alpha value is -0.620. The molecule has 2 rings (SSSR count). The average molecular weight is 227 g/mol. The number of aromatic nitrogens is 4. The van der Waals surface area contributed by atoms with Gasteiger partial charge in [-0.1, -0.05) is 11.8 Å². The van der Waals surface area contributed by atoms with Crippen LogP contribution in [0.3, 0.4) is 0 Å². The second-order valence-corrected chi connectivity index (χ2v) is 5.00. The van der Waals surface area contributed by atoms with Crippen LogP contribution < -0.4 is 5.32 Å². The number of hydrogen-bond donors (Lipinski definition) is 1. The summed E-state index contributed by atoms with van der Waals surface area (Å²) in [5.74, 6) is 1.95. The lowest BCUT2D eigenvalue weighted by atomic mass is 9.97. The first-order valence-electron chi connectivity index (χ1n) is 5.42. The highest BCUT2D eigenvalue weighted by Gasteiger charge is 2.13. The molecule has 1 aromatic rings. The van der Waals surface area contributed by atoms with Gasteiger partial charge >= 0.3 is 0 Å². The van der Waals surface area contributed by atoms with Crippen LogP contribution in [0.2, 0.25) is 0 Å². The van der Waals surface area contributed by atoms with Gasteiger partial charge in [-0.15, -0.1) is 5.10 Å². The van der Waals surface area contributed by atoms with Crippen molar-refractivity contribution in [2.45, 2.75) is 24.4 Å². The molecule has 5 nitrogen and oxygen atoms in total. The molecule has 6 heteroatoms. The van der Waals surface area contributed by atoms with Gasteiger partial charge in [-0.25, -0.2) is 4.68 Å². The monoisotopic (exact) mass is 227 g/mol. The molecule has 0 saturated carbocycles. The number of aryl methyl sites for hydroxylation is 1. The van der Waals surface area contributed by atoms with Gasteiger partial charge < -0.3 is 5.32 Å². The maximum absolute atomic E-state index is 3.95. The first-order valence-corrected chi connectivity index (χ1v) is 6.40. The molecular formula is C9H17N5S. The molecule has 0 spiro atoms. The fraction of sp³-hybridized carbons (Fsp3) is 0.889. The summed E-state index contributed by atoms with van der Waals surface area (Å²) < 4.78 is 1.73. The largest absolute Gasteiger partial charge is 0.316 e. The fourth-order valence-electron chi connectivity index (χ4n) is 1.83.